The summed E-state index contributed by atoms with van der Waals surface area (Å²) in [6, 6.07) is 2.30. The van der Waals surface area contributed by atoms with Crippen molar-refractivity contribution >= 4 is 0 Å². The zero-order chi connectivity index (χ0) is 14.5. The summed E-state index contributed by atoms with van der Waals surface area (Å²) in [4.78, 5) is 5.44. The maximum absolute atomic E-state index is 3.75. The van der Waals surface area contributed by atoms with Gasteiger partial charge in [0.1, 0.15) is 0 Å². The fourth-order valence-electron chi connectivity index (χ4n) is 4.36. The first-order valence-corrected chi connectivity index (χ1v) is 8.91. The summed E-state index contributed by atoms with van der Waals surface area (Å²) < 4.78 is 0. The monoisotopic (exact) mass is 281 g/mol. The van der Waals surface area contributed by atoms with E-state index >= 15 is 0 Å². The second-order valence-electron chi connectivity index (χ2n) is 6.81. The molecule has 0 radical (unpaired) electrons. The van der Waals surface area contributed by atoms with Crippen molar-refractivity contribution in [3.05, 3.63) is 0 Å². The Hall–Kier alpha value is -0.120. The molecule has 0 bridgehead atoms. The Labute approximate surface area is 126 Å². The molecule has 4 atom stereocenters. The van der Waals surface area contributed by atoms with Gasteiger partial charge in [0.05, 0.1) is 0 Å². The van der Waals surface area contributed by atoms with E-state index in [4.69, 9.17) is 0 Å². The standard InChI is InChI=1S/C17H35N3/c1-5-18-16-9-8-14(4)12-17(16)20-11-10-15(13-20)19(6-2)7-3/h14-18H,5-13H2,1-4H3. The van der Waals surface area contributed by atoms with Crippen LogP contribution in [-0.4, -0.2) is 60.6 Å². The molecule has 1 saturated heterocycles. The number of hydrogen-bond acceptors (Lipinski definition) is 3. The van der Waals surface area contributed by atoms with E-state index in [1.54, 1.807) is 0 Å². The van der Waals surface area contributed by atoms with Crippen LogP contribution in [0.15, 0.2) is 0 Å². The summed E-state index contributed by atoms with van der Waals surface area (Å²) in [7, 11) is 0. The van der Waals surface area contributed by atoms with Crippen molar-refractivity contribution in [1.29, 1.82) is 0 Å². The van der Waals surface area contributed by atoms with Gasteiger partial charge < -0.3 is 5.32 Å². The van der Waals surface area contributed by atoms with Gasteiger partial charge in [-0.15, -0.1) is 0 Å². The van der Waals surface area contributed by atoms with Gasteiger partial charge >= 0.3 is 0 Å². The summed E-state index contributed by atoms with van der Waals surface area (Å²) in [5, 5.41) is 3.75. The fraction of sp³-hybridized carbons (Fsp3) is 1.00. The van der Waals surface area contributed by atoms with Crippen LogP contribution in [0.4, 0.5) is 0 Å². The number of nitrogens with one attached hydrogen (secondary N) is 1. The highest BCUT2D eigenvalue weighted by Gasteiger charge is 2.37. The van der Waals surface area contributed by atoms with Crippen LogP contribution in [0.3, 0.4) is 0 Å². The first-order chi connectivity index (χ1) is 9.69. The molecule has 0 amide bonds. The predicted octanol–water partition coefficient (Wildman–Crippen LogP) is 2.57. The van der Waals surface area contributed by atoms with Crippen molar-refractivity contribution in [2.75, 3.05) is 32.7 Å². The van der Waals surface area contributed by atoms with E-state index in [1.165, 1.54) is 51.9 Å². The maximum atomic E-state index is 3.75. The van der Waals surface area contributed by atoms with Gasteiger partial charge in [0.15, 0.2) is 0 Å². The van der Waals surface area contributed by atoms with Crippen LogP contribution in [0, 0.1) is 5.92 Å². The molecule has 118 valence electrons. The van der Waals surface area contributed by atoms with Crippen molar-refractivity contribution in [3.63, 3.8) is 0 Å². The largest absolute Gasteiger partial charge is 0.313 e. The Bertz CT molecular complexity index is 277. The lowest BCUT2D eigenvalue weighted by molar-refractivity contribution is 0.112. The van der Waals surface area contributed by atoms with Gasteiger partial charge in [-0.2, -0.15) is 0 Å². The third-order valence-electron chi connectivity index (χ3n) is 5.54. The first kappa shape index (κ1) is 16.3. The molecular formula is C17H35N3. The van der Waals surface area contributed by atoms with E-state index in [-0.39, 0.29) is 0 Å². The number of nitrogens with zero attached hydrogens (tertiary/aromatic N) is 2. The zero-order valence-electron chi connectivity index (χ0n) is 14.1. The average Bonchev–Trinajstić information content (AvgIpc) is 2.92. The minimum Gasteiger partial charge on any atom is -0.313 e. The van der Waals surface area contributed by atoms with Gasteiger partial charge in [-0.3, -0.25) is 9.80 Å². The number of hydrogen-bond donors (Lipinski definition) is 1. The Balaban J connectivity index is 1.95. The minimum atomic E-state index is 0.728. The van der Waals surface area contributed by atoms with Crippen molar-refractivity contribution in [3.8, 4) is 0 Å². The molecule has 3 heteroatoms. The molecule has 2 rings (SSSR count). The highest BCUT2D eigenvalue weighted by Crippen LogP contribution is 2.30. The number of rotatable bonds is 6. The predicted molar refractivity (Wildman–Crippen MR) is 87.2 cm³/mol. The topological polar surface area (TPSA) is 18.5 Å². The van der Waals surface area contributed by atoms with Crippen LogP contribution < -0.4 is 5.32 Å². The second-order valence-corrected chi connectivity index (χ2v) is 6.81. The lowest BCUT2D eigenvalue weighted by Crippen LogP contribution is -2.53. The molecule has 1 saturated carbocycles. The number of likely N-dealkylation sites (N-methyl/N-ethyl adjacent to an activating group) is 2. The summed E-state index contributed by atoms with van der Waals surface area (Å²) in [6.07, 6.45) is 5.53. The Morgan fingerprint density at radius 1 is 1.10 bits per heavy atom. The Morgan fingerprint density at radius 2 is 1.85 bits per heavy atom. The lowest BCUT2D eigenvalue weighted by atomic mass is 9.82. The fourth-order valence-corrected chi connectivity index (χ4v) is 4.36. The van der Waals surface area contributed by atoms with E-state index in [0.717, 1.165) is 30.6 Å². The second kappa shape index (κ2) is 7.77. The van der Waals surface area contributed by atoms with Crippen LogP contribution in [0.2, 0.25) is 0 Å². The molecule has 1 heterocycles. The highest BCUT2D eigenvalue weighted by atomic mass is 15.3. The zero-order valence-corrected chi connectivity index (χ0v) is 14.1. The van der Waals surface area contributed by atoms with Crippen molar-refractivity contribution in [1.82, 2.24) is 15.1 Å². The van der Waals surface area contributed by atoms with E-state index in [1.807, 2.05) is 0 Å². The van der Waals surface area contributed by atoms with E-state index < -0.39 is 0 Å². The molecule has 1 aliphatic heterocycles. The third kappa shape index (κ3) is 3.75. The summed E-state index contributed by atoms with van der Waals surface area (Å²) in [5.74, 6) is 0.905. The van der Waals surface area contributed by atoms with Gasteiger partial charge in [-0.05, 0) is 51.2 Å². The van der Waals surface area contributed by atoms with Gasteiger partial charge in [-0.1, -0.05) is 27.7 Å². The van der Waals surface area contributed by atoms with Crippen molar-refractivity contribution in [2.24, 2.45) is 5.92 Å². The van der Waals surface area contributed by atoms with Crippen LogP contribution in [0.25, 0.3) is 0 Å². The molecule has 0 spiro atoms. The van der Waals surface area contributed by atoms with Crippen LogP contribution in [0.1, 0.15) is 53.4 Å². The van der Waals surface area contributed by atoms with Gasteiger partial charge in [0, 0.05) is 31.2 Å². The SMILES string of the molecule is CCNC1CCC(C)CC1N1CCC(N(CC)CC)C1. The van der Waals surface area contributed by atoms with Crippen molar-refractivity contribution < 1.29 is 0 Å². The number of likely N-dealkylation sites (tertiary alicyclic amines) is 1. The molecule has 20 heavy (non-hydrogen) atoms. The summed E-state index contributed by atoms with van der Waals surface area (Å²) >= 11 is 0. The molecule has 3 nitrogen and oxygen atoms in total. The molecule has 1 aliphatic carbocycles. The lowest BCUT2D eigenvalue weighted by Gasteiger charge is -2.41. The smallest absolute Gasteiger partial charge is 0.0252 e. The molecule has 4 unspecified atom stereocenters. The van der Waals surface area contributed by atoms with Crippen LogP contribution >= 0.6 is 0 Å². The van der Waals surface area contributed by atoms with Crippen LogP contribution in [0.5, 0.6) is 0 Å². The molecule has 0 aromatic rings. The maximum Gasteiger partial charge on any atom is 0.0252 e. The first-order valence-electron chi connectivity index (χ1n) is 8.91. The molecule has 1 N–H and O–H groups in total. The summed E-state index contributed by atoms with van der Waals surface area (Å²) in [6.45, 7) is 15.4. The minimum absolute atomic E-state index is 0.728. The van der Waals surface area contributed by atoms with Crippen LogP contribution in [-0.2, 0) is 0 Å². The van der Waals surface area contributed by atoms with E-state index in [2.05, 4.69) is 42.8 Å². The molecule has 2 fully saturated rings. The molecule has 0 aromatic heterocycles. The summed E-state index contributed by atoms with van der Waals surface area (Å²) in [5.41, 5.74) is 0. The van der Waals surface area contributed by atoms with Gasteiger partial charge in [-0.25, -0.2) is 0 Å². The van der Waals surface area contributed by atoms with Gasteiger partial charge in [0.2, 0.25) is 0 Å². The van der Waals surface area contributed by atoms with E-state index in [0.29, 0.717) is 0 Å². The Morgan fingerprint density at radius 3 is 2.50 bits per heavy atom. The Kier molecular flexibility index (Phi) is 6.31. The van der Waals surface area contributed by atoms with Crippen molar-refractivity contribution in [2.45, 2.75) is 71.5 Å². The van der Waals surface area contributed by atoms with E-state index in [9.17, 15) is 0 Å². The molecular weight excluding hydrogens is 246 g/mol. The highest BCUT2D eigenvalue weighted by molar-refractivity contribution is 4.95. The van der Waals surface area contributed by atoms with Gasteiger partial charge in [0.25, 0.3) is 0 Å². The molecule has 0 aromatic carbocycles. The quantitative estimate of drug-likeness (QED) is 0.807. The molecule has 2 aliphatic rings. The normalized spacial score (nSPS) is 35.9. The average molecular weight is 281 g/mol. The third-order valence-corrected chi connectivity index (χ3v) is 5.54.